The second-order valence-electron chi connectivity index (χ2n) is 4.70. The van der Waals surface area contributed by atoms with Crippen molar-refractivity contribution >= 4 is 21.7 Å². The number of nitrogens with zero attached hydrogens (tertiary/aromatic N) is 1. The third-order valence-corrected chi connectivity index (χ3v) is 3.88. The molecule has 0 aromatic carbocycles. The molecule has 1 aliphatic rings. The minimum Gasteiger partial charge on any atom is -0.343 e. The molecule has 104 valence electrons. The molecule has 1 aliphatic heterocycles. The van der Waals surface area contributed by atoms with Crippen LogP contribution in [0.1, 0.15) is 26.7 Å². The average Bonchev–Trinajstić information content (AvgIpc) is 2.24. The highest BCUT2D eigenvalue weighted by atomic mass is 32.2. The number of sulfone groups is 1. The van der Waals surface area contributed by atoms with Crippen LogP contribution in [0.25, 0.3) is 0 Å². The van der Waals surface area contributed by atoms with Gasteiger partial charge in [-0.05, 0) is 13.3 Å². The fourth-order valence-electron chi connectivity index (χ4n) is 2.01. The van der Waals surface area contributed by atoms with Gasteiger partial charge in [-0.25, -0.2) is 8.42 Å². The number of carbonyl (C=O) groups excluding carboxylic acids is 2. The molecule has 18 heavy (non-hydrogen) atoms. The Kier molecular flexibility index (Phi) is 4.72. The normalized spacial score (nSPS) is 25.2. The molecule has 0 aliphatic carbocycles. The largest absolute Gasteiger partial charge is 0.343 e. The van der Waals surface area contributed by atoms with Crippen molar-refractivity contribution in [3.05, 3.63) is 0 Å². The van der Waals surface area contributed by atoms with Gasteiger partial charge >= 0.3 is 0 Å². The minimum atomic E-state index is -3.15. The number of amides is 2. The lowest BCUT2D eigenvalue weighted by molar-refractivity contribution is -0.148. The lowest BCUT2D eigenvalue weighted by Crippen LogP contribution is -2.63. The van der Waals surface area contributed by atoms with Gasteiger partial charge in [0, 0.05) is 12.8 Å². The Balaban J connectivity index is 2.84. The summed E-state index contributed by atoms with van der Waals surface area (Å²) in [5, 5.41) is 2.61. The van der Waals surface area contributed by atoms with Crippen molar-refractivity contribution in [1.82, 2.24) is 10.2 Å². The zero-order valence-electron chi connectivity index (χ0n) is 11.0. The summed E-state index contributed by atoms with van der Waals surface area (Å²) in [6.45, 7) is 3.61. The molecular weight excluding hydrogens is 256 g/mol. The Morgan fingerprint density at radius 1 is 1.33 bits per heavy atom. The van der Waals surface area contributed by atoms with Crippen molar-refractivity contribution in [2.45, 2.75) is 38.8 Å². The maximum atomic E-state index is 12.0. The summed E-state index contributed by atoms with van der Waals surface area (Å²) in [7, 11) is -3.15. The van der Waals surface area contributed by atoms with Crippen LogP contribution < -0.4 is 5.32 Å². The van der Waals surface area contributed by atoms with Crippen LogP contribution >= 0.6 is 0 Å². The van der Waals surface area contributed by atoms with Crippen molar-refractivity contribution in [3.8, 4) is 0 Å². The molecule has 0 aromatic heterocycles. The first-order valence-electron chi connectivity index (χ1n) is 6.05. The zero-order chi connectivity index (χ0) is 13.9. The predicted molar refractivity (Wildman–Crippen MR) is 67.7 cm³/mol. The van der Waals surface area contributed by atoms with E-state index < -0.39 is 21.9 Å². The molecular formula is C11H20N2O4S. The maximum absolute atomic E-state index is 12.0. The van der Waals surface area contributed by atoms with E-state index in [1.807, 2.05) is 6.92 Å². The van der Waals surface area contributed by atoms with Crippen molar-refractivity contribution in [2.24, 2.45) is 0 Å². The lowest BCUT2D eigenvalue weighted by atomic mass is 10.0. The second kappa shape index (κ2) is 5.69. The molecule has 1 rings (SSSR count). The van der Waals surface area contributed by atoms with Gasteiger partial charge in [0.25, 0.3) is 0 Å². The number of hydrogen-bond donors (Lipinski definition) is 1. The summed E-state index contributed by atoms with van der Waals surface area (Å²) in [6.07, 6.45) is 2.43. The molecule has 1 saturated heterocycles. The summed E-state index contributed by atoms with van der Waals surface area (Å²) >= 11 is 0. The third kappa shape index (κ3) is 3.69. The fraction of sp³-hybridized carbons (Fsp3) is 0.818. The van der Waals surface area contributed by atoms with E-state index in [1.165, 1.54) is 4.90 Å². The van der Waals surface area contributed by atoms with E-state index in [0.717, 1.165) is 12.7 Å². The van der Waals surface area contributed by atoms with Crippen LogP contribution in [-0.2, 0) is 19.4 Å². The molecule has 7 heteroatoms. The number of rotatable bonds is 5. The lowest BCUT2D eigenvalue weighted by Gasteiger charge is -2.37. The smallest absolute Gasteiger partial charge is 0.245 e. The van der Waals surface area contributed by atoms with E-state index in [1.54, 1.807) is 6.92 Å². The maximum Gasteiger partial charge on any atom is 0.245 e. The van der Waals surface area contributed by atoms with Crippen molar-refractivity contribution < 1.29 is 18.0 Å². The molecule has 0 aromatic rings. The van der Waals surface area contributed by atoms with Gasteiger partial charge in [-0.15, -0.1) is 0 Å². The molecule has 1 fully saturated rings. The highest BCUT2D eigenvalue weighted by molar-refractivity contribution is 7.90. The van der Waals surface area contributed by atoms with Gasteiger partial charge in [0.2, 0.25) is 11.8 Å². The number of piperazine rings is 1. The first kappa shape index (κ1) is 14.9. The molecule has 0 spiro atoms. The standard InChI is InChI=1S/C11H20N2O4S/c1-4-5-9-10(14)12-8(2)11(15)13(9)6-7-18(3,16)17/h8-9H,4-7H2,1-3H3,(H,12,14). The number of carbonyl (C=O) groups is 2. The molecule has 2 unspecified atom stereocenters. The van der Waals surface area contributed by atoms with Crippen LogP contribution in [0.15, 0.2) is 0 Å². The quantitative estimate of drug-likeness (QED) is 0.737. The van der Waals surface area contributed by atoms with E-state index in [0.29, 0.717) is 6.42 Å². The van der Waals surface area contributed by atoms with Crippen LogP contribution in [-0.4, -0.2) is 55.8 Å². The summed E-state index contributed by atoms with van der Waals surface area (Å²) in [5.41, 5.74) is 0. The van der Waals surface area contributed by atoms with Crippen LogP contribution in [0.3, 0.4) is 0 Å². The summed E-state index contributed by atoms with van der Waals surface area (Å²) < 4.78 is 22.3. The van der Waals surface area contributed by atoms with Gasteiger partial charge < -0.3 is 10.2 Å². The molecule has 0 bridgehead atoms. The Morgan fingerprint density at radius 3 is 2.44 bits per heavy atom. The average molecular weight is 276 g/mol. The van der Waals surface area contributed by atoms with Gasteiger partial charge in [0.15, 0.2) is 0 Å². The minimum absolute atomic E-state index is 0.0834. The predicted octanol–water partition coefficient (Wildman–Crippen LogP) is -0.453. The Morgan fingerprint density at radius 2 is 1.94 bits per heavy atom. The van der Waals surface area contributed by atoms with Crippen molar-refractivity contribution in [1.29, 1.82) is 0 Å². The fourth-order valence-corrected chi connectivity index (χ4v) is 2.53. The van der Waals surface area contributed by atoms with Crippen molar-refractivity contribution in [3.63, 3.8) is 0 Å². The molecule has 2 atom stereocenters. The van der Waals surface area contributed by atoms with Crippen LogP contribution in [0, 0.1) is 0 Å². The summed E-state index contributed by atoms with van der Waals surface area (Å²) in [6, 6.07) is -1.12. The Bertz CT molecular complexity index is 432. The highest BCUT2D eigenvalue weighted by Crippen LogP contribution is 2.14. The zero-order valence-corrected chi connectivity index (χ0v) is 11.8. The first-order chi connectivity index (χ1) is 8.26. The number of hydrogen-bond acceptors (Lipinski definition) is 4. The number of nitrogens with one attached hydrogen (secondary N) is 1. The van der Waals surface area contributed by atoms with Gasteiger partial charge in [0.1, 0.15) is 21.9 Å². The monoisotopic (exact) mass is 276 g/mol. The third-order valence-electron chi connectivity index (χ3n) is 2.96. The second-order valence-corrected chi connectivity index (χ2v) is 6.96. The van der Waals surface area contributed by atoms with E-state index in [2.05, 4.69) is 5.32 Å². The molecule has 1 heterocycles. The molecule has 0 radical (unpaired) electrons. The van der Waals surface area contributed by atoms with Gasteiger partial charge in [-0.3, -0.25) is 9.59 Å². The van der Waals surface area contributed by atoms with E-state index in [9.17, 15) is 18.0 Å². The Hall–Kier alpha value is -1.11. The van der Waals surface area contributed by atoms with Gasteiger partial charge in [-0.2, -0.15) is 0 Å². The molecule has 0 saturated carbocycles. The topological polar surface area (TPSA) is 83.6 Å². The first-order valence-corrected chi connectivity index (χ1v) is 8.11. The molecule has 2 amide bonds. The SMILES string of the molecule is CCCC1C(=O)NC(C)C(=O)N1CCS(C)(=O)=O. The van der Waals surface area contributed by atoms with Crippen LogP contribution in [0.5, 0.6) is 0 Å². The van der Waals surface area contributed by atoms with E-state index >= 15 is 0 Å². The summed E-state index contributed by atoms with van der Waals surface area (Å²) in [4.78, 5) is 25.2. The highest BCUT2D eigenvalue weighted by Gasteiger charge is 2.37. The van der Waals surface area contributed by atoms with E-state index in [-0.39, 0.29) is 24.1 Å². The summed E-state index contributed by atoms with van der Waals surface area (Å²) in [5.74, 6) is -0.520. The van der Waals surface area contributed by atoms with Gasteiger partial charge in [0.05, 0.1) is 5.75 Å². The molecule has 1 N–H and O–H groups in total. The van der Waals surface area contributed by atoms with Crippen LogP contribution in [0.4, 0.5) is 0 Å². The Labute approximate surface area is 108 Å². The molecule has 6 nitrogen and oxygen atoms in total. The van der Waals surface area contributed by atoms with Gasteiger partial charge in [-0.1, -0.05) is 13.3 Å². The van der Waals surface area contributed by atoms with Crippen LogP contribution in [0.2, 0.25) is 0 Å². The van der Waals surface area contributed by atoms with Crippen molar-refractivity contribution in [2.75, 3.05) is 18.6 Å². The van der Waals surface area contributed by atoms with E-state index in [4.69, 9.17) is 0 Å².